The van der Waals surface area contributed by atoms with Crippen molar-refractivity contribution in [1.82, 2.24) is 9.80 Å². The molecule has 0 aromatic heterocycles. The lowest BCUT2D eigenvalue weighted by Gasteiger charge is -2.42. The average molecular weight is 326 g/mol. The molecule has 2 rings (SSSR count). The normalized spacial score (nSPS) is 30.3. The highest BCUT2D eigenvalue weighted by Crippen LogP contribution is 2.30. The quantitative estimate of drug-likeness (QED) is 0.866. The summed E-state index contributed by atoms with van der Waals surface area (Å²) < 4.78 is 5.51. The summed E-state index contributed by atoms with van der Waals surface area (Å²) in [6.07, 6.45) is 4.30. The van der Waals surface area contributed by atoms with Gasteiger partial charge in [-0.2, -0.15) is 0 Å². The molecule has 5 nitrogen and oxygen atoms in total. The molecule has 2 aliphatic heterocycles. The van der Waals surface area contributed by atoms with Crippen molar-refractivity contribution in [3.8, 4) is 0 Å². The molecule has 134 valence electrons. The molecule has 2 atom stereocenters. The number of rotatable bonds is 3. The summed E-state index contributed by atoms with van der Waals surface area (Å²) >= 11 is 0. The van der Waals surface area contributed by atoms with Crippen LogP contribution in [0.2, 0.25) is 0 Å². The first-order chi connectivity index (χ1) is 10.7. The van der Waals surface area contributed by atoms with Crippen molar-refractivity contribution < 1.29 is 14.6 Å². The molecule has 2 unspecified atom stereocenters. The van der Waals surface area contributed by atoms with Gasteiger partial charge >= 0.3 is 6.09 Å². The zero-order valence-electron chi connectivity index (χ0n) is 15.3. The number of nitrogens with zero attached hydrogens (tertiary/aromatic N) is 2. The lowest BCUT2D eigenvalue weighted by molar-refractivity contribution is 0.00737. The Morgan fingerprint density at radius 1 is 1.30 bits per heavy atom. The number of ether oxygens (including phenoxy) is 1. The van der Waals surface area contributed by atoms with Crippen molar-refractivity contribution >= 4 is 6.09 Å². The second-order valence-corrected chi connectivity index (χ2v) is 8.74. The molecule has 0 saturated carbocycles. The van der Waals surface area contributed by atoms with E-state index < -0.39 is 5.60 Å². The molecule has 0 aromatic rings. The number of hydrogen-bond acceptors (Lipinski definition) is 4. The number of likely N-dealkylation sites (tertiary alicyclic amines) is 2. The van der Waals surface area contributed by atoms with Crippen LogP contribution in [0.5, 0.6) is 0 Å². The smallest absolute Gasteiger partial charge is 0.410 e. The number of aliphatic hydroxyl groups excluding tert-OH is 1. The summed E-state index contributed by atoms with van der Waals surface area (Å²) in [7, 11) is 0. The zero-order chi connectivity index (χ0) is 17.1. The molecule has 0 radical (unpaired) electrons. The maximum Gasteiger partial charge on any atom is 0.410 e. The minimum Gasteiger partial charge on any atom is -0.444 e. The van der Waals surface area contributed by atoms with E-state index in [0.717, 1.165) is 52.0 Å². The van der Waals surface area contributed by atoms with Crippen LogP contribution in [0.25, 0.3) is 0 Å². The topological polar surface area (TPSA) is 53.0 Å². The Morgan fingerprint density at radius 2 is 2.04 bits per heavy atom. The maximum atomic E-state index is 12.3. The summed E-state index contributed by atoms with van der Waals surface area (Å²) in [6, 6.07) is 0. The van der Waals surface area contributed by atoms with Crippen LogP contribution in [0.4, 0.5) is 4.79 Å². The number of carbonyl (C=O) groups excluding carboxylic acids is 1. The van der Waals surface area contributed by atoms with Gasteiger partial charge in [0.1, 0.15) is 5.60 Å². The number of hydrogen-bond donors (Lipinski definition) is 1. The molecule has 23 heavy (non-hydrogen) atoms. The minimum atomic E-state index is -0.431. The summed E-state index contributed by atoms with van der Waals surface area (Å²) in [6.45, 7) is 12.9. The van der Waals surface area contributed by atoms with Crippen LogP contribution in [-0.2, 0) is 4.74 Å². The summed E-state index contributed by atoms with van der Waals surface area (Å²) in [4.78, 5) is 16.6. The van der Waals surface area contributed by atoms with Crippen molar-refractivity contribution in [2.45, 2.75) is 59.0 Å². The number of amides is 1. The molecule has 2 aliphatic rings. The van der Waals surface area contributed by atoms with Crippen LogP contribution >= 0.6 is 0 Å². The summed E-state index contributed by atoms with van der Waals surface area (Å²) in [5, 5.41) is 9.60. The van der Waals surface area contributed by atoms with Gasteiger partial charge in [0.25, 0.3) is 0 Å². The Morgan fingerprint density at radius 3 is 2.70 bits per heavy atom. The maximum absolute atomic E-state index is 12.3. The van der Waals surface area contributed by atoms with Crippen LogP contribution in [0.1, 0.15) is 53.4 Å². The molecule has 2 saturated heterocycles. The summed E-state index contributed by atoms with van der Waals surface area (Å²) in [5.74, 6) is 0.511. The van der Waals surface area contributed by atoms with Gasteiger partial charge in [-0.25, -0.2) is 4.79 Å². The van der Waals surface area contributed by atoms with E-state index in [2.05, 4.69) is 11.8 Å². The van der Waals surface area contributed by atoms with E-state index in [1.807, 2.05) is 25.7 Å². The van der Waals surface area contributed by atoms with E-state index in [0.29, 0.717) is 5.92 Å². The molecule has 2 heterocycles. The van der Waals surface area contributed by atoms with Crippen molar-refractivity contribution in [3.63, 3.8) is 0 Å². The molecule has 1 amide bonds. The molecule has 0 bridgehead atoms. The van der Waals surface area contributed by atoms with Gasteiger partial charge in [0.05, 0.1) is 0 Å². The zero-order valence-corrected chi connectivity index (χ0v) is 15.3. The summed E-state index contributed by atoms with van der Waals surface area (Å²) in [5.41, 5.74) is -0.391. The van der Waals surface area contributed by atoms with Crippen molar-refractivity contribution in [2.24, 2.45) is 11.3 Å². The average Bonchev–Trinajstić information content (AvgIpc) is 2.46. The second kappa shape index (κ2) is 7.39. The molecule has 5 heteroatoms. The van der Waals surface area contributed by atoms with Gasteiger partial charge in [-0.05, 0) is 58.9 Å². The van der Waals surface area contributed by atoms with E-state index in [4.69, 9.17) is 4.74 Å². The van der Waals surface area contributed by atoms with Gasteiger partial charge in [-0.3, -0.25) is 0 Å². The molecule has 1 N–H and O–H groups in total. The largest absolute Gasteiger partial charge is 0.444 e. The highest BCUT2D eigenvalue weighted by Gasteiger charge is 2.33. The number of aliphatic hydroxyl groups is 1. The SMILES string of the molecule is CC1(CO)CCCN(CC2CCCN(C(=O)OC(C)(C)C)C2)C1. The third-order valence-corrected chi connectivity index (χ3v) is 4.93. The molecular weight excluding hydrogens is 292 g/mol. The predicted octanol–water partition coefficient (Wildman–Crippen LogP) is 2.73. The van der Waals surface area contributed by atoms with Crippen LogP contribution in [-0.4, -0.2) is 65.9 Å². The Balaban J connectivity index is 1.85. The van der Waals surface area contributed by atoms with Crippen LogP contribution in [0.3, 0.4) is 0 Å². The fraction of sp³-hybridized carbons (Fsp3) is 0.944. The van der Waals surface area contributed by atoms with E-state index in [9.17, 15) is 9.90 Å². The monoisotopic (exact) mass is 326 g/mol. The van der Waals surface area contributed by atoms with Crippen molar-refractivity contribution in [2.75, 3.05) is 39.3 Å². The minimum absolute atomic E-state index is 0.0395. The fourth-order valence-electron chi connectivity index (χ4n) is 3.78. The standard InChI is InChI=1S/C18H34N2O3/c1-17(2,3)23-16(22)20-10-5-7-15(12-20)11-19-9-6-8-18(4,13-19)14-21/h15,21H,5-14H2,1-4H3. The first-order valence-electron chi connectivity index (χ1n) is 9.02. The highest BCUT2D eigenvalue weighted by atomic mass is 16.6. The van der Waals surface area contributed by atoms with Gasteiger partial charge in [0.2, 0.25) is 0 Å². The van der Waals surface area contributed by atoms with Crippen molar-refractivity contribution in [3.05, 3.63) is 0 Å². The fourth-order valence-corrected chi connectivity index (χ4v) is 3.78. The van der Waals surface area contributed by atoms with Gasteiger partial charge < -0.3 is 19.6 Å². The number of carbonyl (C=O) groups is 1. The lowest BCUT2D eigenvalue weighted by Crippen LogP contribution is -2.49. The molecule has 0 aliphatic carbocycles. The molecule has 0 aromatic carbocycles. The van der Waals surface area contributed by atoms with E-state index in [1.165, 1.54) is 6.42 Å². The molecule has 0 spiro atoms. The Labute approximate surface area is 141 Å². The first-order valence-corrected chi connectivity index (χ1v) is 9.02. The van der Waals surface area contributed by atoms with Crippen LogP contribution in [0.15, 0.2) is 0 Å². The Kier molecular flexibility index (Phi) is 5.95. The Bertz CT molecular complexity index is 408. The second-order valence-electron chi connectivity index (χ2n) is 8.74. The number of piperidine rings is 2. The lowest BCUT2D eigenvalue weighted by atomic mass is 9.82. The molecular formula is C18H34N2O3. The van der Waals surface area contributed by atoms with Gasteiger partial charge in [-0.15, -0.1) is 0 Å². The molecule has 2 fully saturated rings. The highest BCUT2D eigenvalue weighted by molar-refractivity contribution is 5.68. The van der Waals surface area contributed by atoms with Gasteiger partial charge in [0.15, 0.2) is 0 Å². The predicted molar refractivity (Wildman–Crippen MR) is 91.4 cm³/mol. The van der Waals surface area contributed by atoms with E-state index >= 15 is 0 Å². The van der Waals surface area contributed by atoms with Crippen molar-refractivity contribution in [1.29, 1.82) is 0 Å². The Hall–Kier alpha value is -0.810. The third kappa shape index (κ3) is 5.64. The van der Waals surface area contributed by atoms with Crippen LogP contribution in [0, 0.1) is 11.3 Å². The first kappa shape index (κ1) is 18.5. The van der Waals surface area contributed by atoms with Gasteiger partial charge in [0, 0.05) is 38.2 Å². The van der Waals surface area contributed by atoms with Crippen LogP contribution < -0.4 is 0 Å². The van der Waals surface area contributed by atoms with E-state index in [-0.39, 0.29) is 18.1 Å². The third-order valence-electron chi connectivity index (χ3n) is 4.93. The van der Waals surface area contributed by atoms with E-state index in [1.54, 1.807) is 0 Å². The van der Waals surface area contributed by atoms with Gasteiger partial charge in [-0.1, -0.05) is 6.92 Å².